The van der Waals surface area contributed by atoms with Crippen LogP contribution in [0.15, 0.2) is 24.3 Å². The summed E-state index contributed by atoms with van der Waals surface area (Å²) < 4.78 is 1.85. The highest BCUT2D eigenvalue weighted by molar-refractivity contribution is 5.96. The van der Waals surface area contributed by atoms with Gasteiger partial charge in [-0.2, -0.15) is 0 Å². The molecule has 1 N–H and O–H groups in total. The number of hydrogen-bond donors (Lipinski definition) is 1. The Kier molecular flexibility index (Phi) is 3.89. The van der Waals surface area contributed by atoms with Crippen molar-refractivity contribution in [2.24, 2.45) is 0 Å². The van der Waals surface area contributed by atoms with E-state index in [-0.39, 0.29) is 11.8 Å². The summed E-state index contributed by atoms with van der Waals surface area (Å²) >= 11 is 0. The minimum Gasteiger partial charge on any atom is -0.371 e. The fraction of sp³-hybridized carbons (Fsp3) is 0.409. The fourth-order valence-corrected chi connectivity index (χ4v) is 4.71. The number of nitrogens with one attached hydrogen (secondary N) is 1. The van der Waals surface area contributed by atoms with E-state index in [9.17, 15) is 4.79 Å². The van der Waals surface area contributed by atoms with Crippen molar-refractivity contribution in [3.63, 3.8) is 0 Å². The molecular weight excluding hydrogens is 350 g/mol. The van der Waals surface area contributed by atoms with E-state index in [1.54, 1.807) is 0 Å². The molecule has 6 heteroatoms. The van der Waals surface area contributed by atoms with E-state index in [0.717, 1.165) is 41.3 Å². The zero-order valence-corrected chi connectivity index (χ0v) is 16.6. The van der Waals surface area contributed by atoms with Crippen LogP contribution >= 0.6 is 0 Å². The number of nitrogens with zero attached hydrogens (tertiary/aromatic N) is 4. The number of carbonyl (C=O) groups is 1. The van der Waals surface area contributed by atoms with Crippen molar-refractivity contribution in [2.75, 3.05) is 23.3 Å². The number of benzene rings is 1. The zero-order chi connectivity index (χ0) is 19.4. The molecule has 1 amide bonds. The first-order valence-corrected chi connectivity index (χ1v) is 10.0. The maximum absolute atomic E-state index is 12.4. The second kappa shape index (κ2) is 6.33. The summed E-state index contributed by atoms with van der Waals surface area (Å²) in [5.74, 6) is 0.626. The van der Waals surface area contributed by atoms with Crippen LogP contribution in [-0.4, -0.2) is 33.6 Å². The molecule has 5 rings (SSSR count). The monoisotopic (exact) mass is 375 g/mol. The van der Waals surface area contributed by atoms with Gasteiger partial charge in [0.05, 0.1) is 0 Å². The third-order valence-corrected chi connectivity index (χ3v) is 6.00. The molecule has 1 atom stereocenters. The molecule has 3 aromatic rings. The largest absolute Gasteiger partial charge is 0.371 e. The van der Waals surface area contributed by atoms with Gasteiger partial charge in [0.2, 0.25) is 5.91 Å². The van der Waals surface area contributed by atoms with Crippen molar-refractivity contribution in [1.82, 2.24) is 14.6 Å². The van der Waals surface area contributed by atoms with E-state index in [1.807, 2.05) is 24.4 Å². The first kappa shape index (κ1) is 17.2. The number of fused-ring (bicyclic) bond motifs is 3. The normalized spacial score (nSPS) is 19.2. The third-order valence-electron chi connectivity index (χ3n) is 6.00. The third kappa shape index (κ3) is 2.66. The first-order valence-electron chi connectivity index (χ1n) is 10.0. The molecule has 0 saturated carbocycles. The highest BCUT2D eigenvalue weighted by Gasteiger charge is 2.32. The highest BCUT2D eigenvalue weighted by Crippen LogP contribution is 2.40. The molecule has 0 radical (unpaired) electrons. The van der Waals surface area contributed by atoms with Crippen LogP contribution < -0.4 is 10.2 Å². The number of aromatic nitrogens is 3. The Morgan fingerprint density at radius 3 is 2.64 bits per heavy atom. The van der Waals surface area contributed by atoms with Crippen LogP contribution in [0.3, 0.4) is 0 Å². The number of rotatable bonds is 2. The molecule has 6 nitrogen and oxygen atoms in total. The van der Waals surface area contributed by atoms with Gasteiger partial charge in [0.25, 0.3) is 0 Å². The van der Waals surface area contributed by atoms with E-state index < -0.39 is 0 Å². The van der Waals surface area contributed by atoms with E-state index in [2.05, 4.69) is 40.4 Å². The molecule has 1 aromatic carbocycles. The van der Waals surface area contributed by atoms with Crippen molar-refractivity contribution in [1.29, 1.82) is 0 Å². The number of anilines is 2. The predicted molar refractivity (Wildman–Crippen MR) is 110 cm³/mol. The average Bonchev–Trinajstić information content (AvgIpc) is 3.29. The molecule has 1 fully saturated rings. The molecule has 2 aliphatic rings. The summed E-state index contributed by atoms with van der Waals surface area (Å²) in [6.45, 7) is 8.45. The van der Waals surface area contributed by atoms with Crippen molar-refractivity contribution >= 4 is 23.1 Å². The molecular formula is C22H25N5O. The maximum atomic E-state index is 12.4. The van der Waals surface area contributed by atoms with E-state index in [1.165, 1.54) is 24.1 Å². The molecule has 144 valence electrons. The minimum atomic E-state index is -0.0266. The Bertz CT molecular complexity index is 1090. The SMILES string of the molecule is Cc1cc(C)n2nc3c(c2n1)C(c1ccc(N2CCCC2)c(C)c1)CC(=O)N3. The molecule has 2 aromatic heterocycles. The summed E-state index contributed by atoms with van der Waals surface area (Å²) in [5, 5.41) is 7.58. The van der Waals surface area contributed by atoms with Gasteiger partial charge in [0.1, 0.15) is 0 Å². The second-order valence-electron chi connectivity index (χ2n) is 8.08. The maximum Gasteiger partial charge on any atom is 0.226 e. The lowest BCUT2D eigenvalue weighted by Gasteiger charge is -2.25. The van der Waals surface area contributed by atoms with Gasteiger partial charge in [-0.15, -0.1) is 5.10 Å². The van der Waals surface area contributed by atoms with E-state index >= 15 is 0 Å². The van der Waals surface area contributed by atoms with Gasteiger partial charge in [-0.3, -0.25) is 4.79 Å². The topological polar surface area (TPSA) is 62.5 Å². The average molecular weight is 375 g/mol. The van der Waals surface area contributed by atoms with E-state index in [4.69, 9.17) is 4.98 Å². The molecule has 0 bridgehead atoms. The molecule has 0 spiro atoms. The van der Waals surface area contributed by atoms with Gasteiger partial charge in [-0.25, -0.2) is 9.50 Å². The van der Waals surface area contributed by atoms with Crippen LogP contribution in [0, 0.1) is 20.8 Å². The van der Waals surface area contributed by atoms with Crippen molar-refractivity contribution in [2.45, 2.75) is 46.0 Å². The second-order valence-corrected chi connectivity index (χ2v) is 8.08. The minimum absolute atomic E-state index is 0.0107. The van der Waals surface area contributed by atoms with Crippen LogP contribution in [0.25, 0.3) is 5.65 Å². The van der Waals surface area contributed by atoms with Crippen LogP contribution in [0.2, 0.25) is 0 Å². The molecule has 1 saturated heterocycles. The van der Waals surface area contributed by atoms with Crippen molar-refractivity contribution < 1.29 is 4.79 Å². The summed E-state index contributed by atoms with van der Waals surface area (Å²) in [6, 6.07) is 8.65. The van der Waals surface area contributed by atoms with Gasteiger partial charge < -0.3 is 10.2 Å². The summed E-state index contributed by atoms with van der Waals surface area (Å²) in [5.41, 5.74) is 7.59. The molecule has 28 heavy (non-hydrogen) atoms. The Labute approximate surface area is 164 Å². The van der Waals surface area contributed by atoms with Crippen LogP contribution in [0.4, 0.5) is 11.5 Å². The number of amides is 1. The van der Waals surface area contributed by atoms with Gasteiger partial charge in [-0.05, 0) is 56.9 Å². The van der Waals surface area contributed by atoms with Crippen LogP contribution in [0.5, 0.6) is 0 Å². The number of aryl methyl sites for hydroxylation is 3. The van der Waals surface area contributed by atoms with Gasteiger partial charge in [-0.1, -0.05) is 12.1 Å². The lowest BCUT2D eigenvalue weighted by atomic mass is 9.86. The molecule has 0 aliphatic carbocycles. The number of hydrogen-bond acceptors (Lipinski definition) is 4. The molecule has 2 aliphatic heterocycles. The first-order chi connectivity index (χ1) is 13.5. The summed E-state index contributed by atoms with van der Waals surface area (Å²) in [4.78, 5) is 19.6. The van der Waals surface area contributed by atoms with Crippen molar-refractivity contribution in [3.05, 3.63) is 52.3 Å². The van der Waals surface area contributed by atoms with Gasteiger partial charge >= 0.3 is 0 Å². The lowest BCUT2D eigenvalue weighted by Crippen LogP contribution is -2.23. The predicted octanol–water partition coefficient (Wildman–Crippen LogP) is 3.73. The summed E-state index contributed by atoms with van der Waals surface area (Å²) in [7, 11) is 0. The Balaban J connectivity index is 1.63. The highest BCUT2D eigenvalue weighted by atomic mass is 16.1. The molecule has 1 unspecified atom stereocenters. The van der Waals surface area contributed by atoms with Crippen LogP contribution in [-0.2, 0) is 4.79 Å². The standard InChI is InChI=1S/C22H25N5O/c1-13-10-16(6-7-18(13)26-8-4-5-9-26)17-12-19(28)24-21-20(17)22-23-14(2)11-15(3)27(22)25-21/h6-7,10-11,17H,4-5,8-9,12H2,1-3H3,(H,24,25,28). The van der Waals surface area contributed by atoms with Crippen LogP contribution in [0.1, 0.15) is 53.3 Å². The van der Waals surface area contributed by atoms with Gasteiger partial charge in [0.15, 0.2) is 11.5 Å². The van der Waals surface area contributed by atoms with Gasteiger partial charge in [0, 0.05) is 48.1 Å². The zero-order valence-electron chi connectivity index (χ0n) is 16.6. The summed E-state index contributed by atoms with van der Waals surface area (Å²) in [6.07, 6.45) is 2.95. The quantitative estimate of drug-likeness (QED) is 0.741. The smallest absolute Gasteiger partial charge is 0.226 e. The molecule has 4 heterocycles. The van der Waals surface area contributed by atoms with Crippen molar-refractivity contribution in [3.8, 4) is 0 Å². The Morgan fingerprint density at radius 1 is 1.11 bits per heavy atom. The fourth-order valence-electron chi connectivity index (χ4n) is 4.71. The van der Waals surface area contributed by atoms with E-state index in [0.29, 0.717) is 12.2 Å². The Morgan fingerprint density at radius 2 is 1.89 bits per heavy atom. The Hall–Kier alpha value is -2.89. The number of carbonyl (C=O) groups excluding carboxylic acids is 1. The lowest BCUT2D eigenvalue weighted by molar-refractivity contribution is -0.116.